The van der Waals surface area contributed by atoms with Gasteiger partial charge in [-0.15, -0.1) is 6.42 Å². The van der Waals surface area contributed by atoms with Gasteiger partial charge >= 0.3 is 0 Å². The van der Waals surface area contributed by atoms with E-state index in [0.29, 0.717) is 27.8 Å². The van der Waals surface area contributed by atoms with E-state index in [9.17, 15) is 19.2 Å². The third-order valence-electron chi connectivity index (χ3n) is 5.02. The van der Waals surface area contributed by atoms with Gasteiger partial charge in [-0.3, -0.25) is 29.4 Å². The van der Waals surface area contributed by atoms with Crippen LogP contribution in [0.4, 0.5) is 36.6 Å². The molecule has 0 saturated carbocycles. The molecule has 14 heteroatoms. The Morgan fingerprint density at radius 2 is 0.949 bits per heavy atom. The zero-order valence-electron chi connectivity index (χ0n) is 19.3. The number of carbonyl (C=O) groups is 4. The molecule has 3 aromatic carbocycles. The summed E-state index contributed by atoms with van der Waals surface area (Å²) in [7, 11) is 0. The normalized spacial score (nSPS) is 11.5. The Hall–Kier alpha value is -5.06. The molecule has 0 unspecified atom stereocenters. The molecule has 0 saturated heterocycles. The van der Waals surface area contributed by atoms with Crippen LogP contribution in [-0.4, -0.2) is 28.5 Å². The number of terminal acetylenes is 1. The fourth-order valence-electron chi connectivity index (χ4n) is 3.47. The molecular weight excluding hydrogens is 544 g/mol. The highest BCUT2D eigenvalue weighted by molar-refractivity contribution is 6.22. The molecule has 3 aromatic rings. The Morgan fingerprint density at radius 3 is 1.36 bits per heavy atom. The first kappa shape index (κ1) is 33.9. The molecular formula is C25H16F8N2O4. The van der Waals surface area contributed by atoms with Crippen LogP contribution in [0.15, 0.2) is 72.8 Å². The second-order valence-electron chi connectivity index (χ2n) is 6.87. The summed E-state index contributed by atoms with van der Waals surface area (Å²) in [6, 6.07) is 20.9. The Labute approximate surface area is 215 Å². The lowest BCUT2D eigenvalue weighted by atomic mass is 10.1. The van der Waals surface area contributed by atoms with Crippen LogP contribution >= 0.6 is 0 Å². The SMILES string of the molecule is C#Cc1ccccc1CN1C(=O)c2ccccc2C1=O.FF.FF.FF.FF.O=C1NC(=O)c2ccccc21. The minimum absolute atomic E-state index is 0.201. The smallest absolute Gasteiger partial charge is 0.261 e. The van der Waals surface area contributed by atoms with E-state index in [1.165, 1.54) is 4.90 Å². The van der Waals surface area contributed by atoms with Crippen molar-refractivity contribution in [1.82, 2.24) is 10.2 Å². The first-order valence-corrected chi connectivity index (χ1v) is 10.0. The Kier molecular flexibility index (Phi) is 15.9. The largest absolute Gasteiger partial charge is 0.288 e. The molecule has 0 radical (unpaired) electrons. The molecule has 1 N–H and O–H groups in total. The van der Waals surface area contributed by atoms with Crippen molar-refractivity contribution in [2.45, 2.75) is 6.54 Å². The summed E-state index contributed by atoms with van der Waals surface area (Å²) in [5.41, 5.74) is 3.34. The number of amides is 4. The first-order chi connectivity index (χ1) is 19.0. The standard InChI is InChI=1S/C17H11NO2.C8H5NO2.4F2/c1-2-12-7-3-4-8-13(12)11-18-16(19)14-9-5-6-10-15(14)17(18)20;10-7-5-3-1-2-4-6(5)8(11)9-7;4*1-2/h1,3-10H,11H2;1-4H,(H,9,10,11);;;;. The molecule has 206 valence electrons. The van der Waals surface area contributed by atoms with Crippen LogP contribution < -0.4 is 5.32 Å². The molecule has 0 aromatic heterocycles. The second-order valence-corrected chi connectivity index (χ2v) is 6.87. The van der Waals surface area contributed by atoms with Gasteiger partial charge in [-0.25, -0.2) is 0 Å². The lowest BCUT2D eigenvalue weighted by molar-refractivity contribution is 0.0641. The molecule has 2 aliphatic rings. The van der Waals surface area contributed by atoms with E-state index in [2.05, 4.69) is 11.2 Å². The highest BCUT2D eigenvalue weighted by Crippen LogP contribution is 2.25. The minimum atomic E-state index is -0.300. The number of halogens is 8. The lowest BCUT2D eigenvalue weighted by Gasteiger charge is -2.14. The van der Waals surface area contributed by atoms with Gasteiger partial charge in [0.25, 0.3) is 23.6 Å². The van der Waals surface area contributed by atoms with Gasteiger partial charge in [0.05, 0.1) is 28.8 Å². The van der Waals surface area contributed by atoms with Crippen LogP contribution in [0.2, 0.25) is 0 Å². The molecule has 0 fully saturated rings. The highest BCUT2D eigenvalue weighted by atomic mass is 20.0. The average Bonchev–Trinajstić information content (AvgIpc) is 3.45. The molecule has 0 aliphatic carbocycles. The molecule has 4 amide bonds. The van der Waals surface area contributed by atoms with E-state index < -0.39 is 0 Å². The van der Waals surface area contributed by atoms with Crippen LogP contribution in [0.5, 0.6) is 0 Å². The van der Waals surface area contributed by atoms with Crippen LogP contribution in [0.1, 0.15) is 52.6 Å². The third-order valence-corrected chi connectivity index (χ3v) is 5.02. The van der Waals surface area contributed by atoms with Crippen molar-refractivity contribution in [3.8, 4) is 12.3 Å². The number of hydrogen-bond donors (Lipinski definition) is 1. The number of imide groups is 2. The van der Waals surface area contributed by atoms with Gasteiger partial charge in [0.2, 0.25) is 0 Å². The van der Waals surface area contributed by atoms with Gasteiger partial charge in [0.15, 0.2) is 0 Å². The van der Waals surface area contributed by atoms with E-state index in [1.807, 2.05) is 18.2 Å². The monoisotopic (exact) mass is 560 g/mol. The molecule has 2 heterocycles. The second kappa shape index (κ2) is 18.2. The van der Waals surface area contributed by atoms with Crippen molar-refractivity contribution >= 4 is 23.6 Å². The fourth-order valence-corrected chi connectivity index (χ4v) is 3.47. The lowest BCUT2D eigenvalue weighted by Crippen LogP contribution is -2.29. The number of hydrogen-bond acceptors (Lipinski definition) is 4. The van der Waals surface area contributed by atoms with Crippen LogP contribution in [0.3, 0.4) is 0 Å². The average molecular weight is 560 g/mol. The predicted octanol–water partition coefficient (Wildman–Crippen LogP) is 6.40. The fraction of sp³-hybridized carbons (Fsp3) is 0.0400. The number of carbonyl (C=O) groups excluding carboxylic acids is 4. The number of nitrogens with one attached hydrogen (secondary N) is 1. The van der Waals surface area contributed by atoms with Crippen LogP contribution in [0.25, 0.3) is 0 Å². The highest BCUT2D eigenvalue weighted by Gasteiger charge is 2.35. The summed E-state index contributed by atoms with van der Waals surface area (Å²) in [5.74, 6) is 1.44. The maximum absolute atomic E-state index is 12.3. The molecule has 2 aliphatic heterocycles. The van der Waals surface area contributed by atoms with Crippen LogP contribution in [0, 0.1) is 12.3 Å². The summed E-state index contributed by atoms with van der Waals surface area (Å²) < 4.78 is 64.0. The van der Waals surface area contributed by atoms with Crippen molar-refractivity contribution in [3.63, 3.8) is 0 Å². The van der Waals surface area contributed by atoms with E-state index in [-0.39, 0.29) is 30.2 Å². The van der Waals surface area contributed by atoms with Gasteiger partial charge < -0.3 is 0 Å². The number of rotatable bonds is 2. The summed E-state index contributed by atoms with van der Waals surface area (Å²) in [6.45, 7) is 0.201. The van der Waals surface area contributed by atoms with Crippen molar-refractivity contribution in [1.29, 1.82) is 0 Å². The Bertz CT molecular complexity index is 1250. The summed E-state index contributed by atoms with van der Waals surface area (Å²) in [5, 5.41) is 2.20. The molecule has 0 spiro atoms. The molecule has 6 nitrogen and oxygen atoms in total. The van der Waals surface area contributed by atoms with Gasteiger partial charge in [-0.2, -0.15) is 0 Å². The summed E-state index contributed by atoms with van der Waals surface area (Å²) in [4.78, 5) is 47.7. The van der Waals surface area contributed by atoms with Gasteiger partial charge in [0, 0.05) is 42.2 Å². The minimum Gasteiger partial charge on any atom is -0.288 e. The van der Waals surface area contributed by atoms with E-state index in [1.54, 1.807) is 54.6 Å². The summed E-state index contributed by atoms with van der Waals surface area (Å²) >= 11 is 0. The Morgan fingerprint density at radius 1 is 0.590 bits per heavy atom. The predicted molar refractivity (Wildman–Crippen MR) is 122 cm³/mol. The molecule has 0 atom stereocenters. The zero-order valence-corrected chi connectivity index (χ0v) is 19.3. The van der Waals surface area contributed by atoms with Crippen LogP contribution in [-0.2, 0) is 6.54 Å². The van der Waals surface area contributed by atoms with Crippen molar-refractivity contribution in [2.75, 3.05) is 0 Å². The number of nitrogens with zero attached hydrogens (tertiary/aromatic N) is 1. The van der Waals surface area contributed by atoms with Gasteiger partial charge in [-0.05, 0) is 35.9 Å². The van der Waals surface area contributed by atoms with E-state index >= 15 is 0 Å². The Balaban J connectivity index is 0.000000644. The molecule has 5 rings (SSSR count). The number of benzene rings is 3. The van der Waals surface area contributed by atoms with Crippen molar-refractivity contribution in [3.05, 3.63) is 106 Å². The maximum atomic E-state index is 12.3. The van der Waals surface area contributed by atoms with Crippen molar-refractivity contribution < 1.29 is 55.8 Å². The zero-order chi connectivity index (χ0) is 30.0. The summed E-state index contributed by atoms with van der Waals surface area (Å²) in [6.07, 6.45) is 5.44. The van der Waals surface area contributed by atoms with E-state index in [4.69, 9.17) is 43.0 Å². The maximum Gasteiger partial charge on any atom is 0.261 e. The van der Waals surface area contributed by atoms with Crippen molar-refractivity contribution in [2.24, 2.45) is 0 Å². The third kappa shape index (κ3) is 8.22. The molecule has 0 bridgehead atoms. The quantitative estimate of drug-likeness (QED) is 0.224. The van der Waals surface area contributed by atoms with E-state index in [0.717, 1.165) is 5.56 Å². The molecule has 39 heavy (non-hydrogen) atoms. The topological polar surface area (TPSA) is 83.6 Å². The number of fused-ring (bicyclic) bond motifs is 2. The first-order valence-electron chi connectivity index (χ1n) is 10.0. The van der Waals surface area contributed by atoms with Gasteiger partial charge in [-0.1, -0.05) is 48.4 Å². The van der Waals surface area contributed by atoms with Gasteiger partial charge in [0.1, 0.15) is 0 Å².